The van der Waals surface area contributed by atoms with E-state index in [2.05, 4.69) is 10.4 Å². The highest BCUT2D eigenvalue weighted by Gasteiger charge is 2.27. The summed E-state index contributed by atoms with van der Waals surface area (Å²) in [5.41, 5.74) is 4.15. The smallest absolute Gasteiger partial charge is 0.381 e. The first kappa shape index (κ1) is 23.0. The highest BCUT2D eigenvalue weighted by atomic mass is 19.4. The minimum absolute atomic E-state index is 0.0384. The standard InChI is InChI=1S/C24H21F3N6O/c25-24(26,27)14-31-23(34)17-6-4-16(5-7-17)20-9-10-21(28)33(32-20)22(29)13-15-3-8-19-18(12-15)2-1-11-30-19/h1-10,12,28-30H,11,13-14H2,(H,31,34). The van der Waals surface area contributed by atoms with Gasteiger partial charge >= 0.3 is 6.18 Å². The fraction of sp³-hybridized carbons (Fsp3) is 0.167. The molecule has 1 amide bonds. The van der Waals surface area contributed by atoms with Crippen molar-refractivity contribution in [2.45, 2.75) is 12.6 Å². The lowest BCUT2D eigenvalue weighted by atomic mass is 10.0. The lowest BCUT2D eigenvalue weighted by molar-refractivity contribution is -0.123. The first-order chi connectivity index (χ1) is 16.2. The molecule has 0 unspecified atom stereocenters. The van der Waals surface area contributed by atoms with E-state index in [9.17, 15) is 18.0 Å². The number of amides is 1. The summed E-state index contributed by atoms with van der Waals surface area (Å²) in [6.45, 7) is -0.630. The number of hydrogen-bond donors (Lipinski definition) is 4. The molecule has 3 aromatic rings. The zero-order chi connectivity index (χ0) is 24.3. The number of nitrogens with zero attached hydrogens (tertiary/aromatic N) is 2. The van der Waals surface area contributed by atoms with Crippen molar-refractivity contribution in [1.82, 2.24) is 15.1 Å². The van der Waals surface area contributed by atoms with Crippen LogP contribution >= 0.6 is 0 Å². The van der Waals surface area contributed by atoms with Gasteiger partial charge in [0.1, 0.15) is 17.9 Å². The summed E-state index contributed by atoms with van der Waals surface area (Å²) in [4.78, 5) is 11.9. The molecule has 1 aromatic heterocycles. The van der Waals surface area contributed by atoms with Gasteiger partial charge in [-0.2, -0.15) is 18.3 Å². The van der Waals surface area contributed by atoms with E-state index in [0.717, 1.165) is 23.4 Å². The Morgan fingerprint density at radius 3 is 2.62 bits per heavy atom. The number of rotatable bonds is 5. The van der Waals surface area contributed by atoms with E-state index in [-0.39, 0.29) is 23.3 Å². The number of benzene rings is 2. The average molecular weight is 466 g/mol. The lowest BCUT2D eigenvalue weighted by Crippen LogP contribution is -2.33. The molecule has 0 radical (unpaired) electrons. The van der Waals surface area contributed by atoms with Crippen LogP contribution < -0.4 is 16.1 Å². The van der Waals surface area contributed by atoms with Crippen LogP contribution in [-0.4, -0.2) is 40.8 Å². The SMILES string of the molecule is N=C(Cc1ccc2c(c1)C=CCN2)n1nc(-c2ccc(C(=O)NCC(F)(F)F)cc2)ccc1=N. The van der Waals surface area contributed by atoms with Crippen LogP contribution in [0, 0.1) is 10.8 Å². The van der Waals surface area contributed by atoms with Crippen LogP contribution in [0.3, 0.4) is 0 Å². The molecular formula is C24H21F3N6O. The van der Waals surface area contributed by atoms with Crippen molar-refractivity contribution in [3.63, 3.8) is 0 Å². The molecule has 10 heteroatoms. The first-order valence-electron chi connectivity index (χ1n) is 10.4. The molecule has 2 aromatic carbocycles. The summed E-state index contributed by atoms with van der Waals surface area (Å²) in [7, 11) is 0. The predicted molar refractivity (Wildman–Crippen MR) is 123 cm³/mol. The number of halogens is 3. The Morgan fingerprint density at radius 1 is 1.12 bits per heavy atom. The number of carbonyl (C=O) groups is 1. The van der Waals surface area contributed by atoms with Gasteiger partial charge in [0.2, 0.25) is 0 Å². The Bertz CT molecular complexity index is 1330. The maximum absolute atomic E-state index is 12.3. The number of nitrogens with one attached hydrogen (secondary N) is 4. The zero-order valence-electron chi connectivity index (χ0n) is 17.9. The molecular weight excluding hydrogens is 445 g/mol. The molecule has 4 rings (SSSR count). The molecule has 34 heavy (non-hydrogen) atoms. The second-order valence-corrected chi connectivity index (χ2v) is 7.72. The Kier molecular flexibility index (Phi) is 6.31. The van der Waals surface area contributed by atoms with Gasteiger partial charge < -0.3 is 10.6 Å². The number of alkyl halides is 3. The van der Waals surface area contributed by atoms with Crippen LogP contribution in [0.15, 0.2) is 60.7 Å². The molecule has 4 N–H and O–H groups in total. The molecule has 2 heterocycles. The highest BCUT2D eigenvalue weighted by molar-refractivity contribution is 5.94. The van der Waals surface area contributed by atoms with Crippen LogP contribution in [-0.2, 0) is 6.42 Å². The highest BCUT2D eigenvalue weighted by Crippen LogP contribution is 2.22. The van der Waals surface area contributed by atoms with E-state index in [1.807, 2.05) is 35.7 Å². The quantitative estimate of drug-likeness (QED) is 0.339. The van der Waals surface area contributed by atoms with Crippen molar-refractivity contribution in [1.29, 1.82) is 10.8 Å². The van der Waals surface area contributed by atoms with Crippen LogP contribution in [0.5, 0.6) is 0 Å². The largest absolute Gasteiger partial charge is 0.405 e. The number of carbonyl (C=O) groups excluding carboxylic acids is 1. The first-order valence-corrected chi connectivity index (χ1v) is 10.4. The van der Waals surface area contributed by atoms with Gasteiger partial charge in [-0.1, -0.05) is 30.4 Å². The number of anilines is 1. The van der Waals surface area contributed by atoms with Crippen LogP contribution in [0.1, 0.15) is 21.5 Å². The van der Waals surface area contributed by atoms with Crippen LogP contribution in [0.25, 0.3) is 17.3 Å². The van der Waals surface area contributed by atoms with Gasteiger partial charge in [-0.15, -0.1) is 0 Å². The van der Waals surface area contributed by atoms with Crippen LogP contribution in [0.4, 0.5) is 18.9 Å². The predicted octanol–water partition coefficient (Wildman–Crippen LogP) is 3.83. The fourth-order valence-corrected chi connectivity index (χ4v) is 3.50. The third kappa shape index (κ3) is 5.40. The van der Waals surface area contributed by atoms with Crippen molar-refractivity contribution < 1.29 is 18.0 Å². The summed E-state index contributed by atoms with van der Waals surface area (Å²) in [5.74, 6) is -0.715. The van der Waals surface area contributed by atoms with Gasteiger partial charge in [0, 0.05) is 29.8 Å². The summed E-state index contributed by atoms with van der Waals surface area (Å²) >= 11 is 0. The van der Waals surface area contributed by atoms with Gasteiger partial charge in [-0.25, -0.2) is 4.68 Å². The Hall–Kier alpha value is -4.21. The molecule has 0 saturated heterocycles. The van der Waals surface area contributed by atoms with E-state index in [0.29, 0.717) is 11.3 Å². The summed E-state index contributed by atoms with van der Waals surface area (Å²) < 4.78 is 38.1. The second kappa shape index (κ2) is 9.34. The van der Waals surface area contributed by atoms with Gasteiger partial charge in [-0.05, 0) is 47.5 Å². The topological polar surface area (TPSA) is 107 Å². The Balaban J connectivity index is 1.51. The van der Waals surface area contributed by atoms with Crippen LogP contribution in [0.2, 0.25) is 0 Å². The molecule has 0 aliphatic carbocycles. The number of hydrogen-bond acceptors (Lipinski definition) is 5. The minimum Gasteiger partial charge on any atom is -0.381 e. The molecule has 0 saturated carbocycles. The summed E-state index contributed by atoms with van der Waals surface area (Å²) in [5, 5.41) is 26.2. The molecule has 1 aliphatic heterocycles. The monoisotopic (exact) mass is 466 g/mol. The van der Waals surface area contributed by atoms with Gasteiger partial charge in [-0.3, -0.25) is 15.6 Å². The normalized spacial score (nSPS) is 12.6. The van der Waals surface area contributed by atoms with Crippen molar-refractivity contribution in [3.05, 3.63) is 82.9 Å². The van der Waals surface area contributed by atoms with E-state index >= 15 is 0 Å². The summed E-state index contributed by atoms with van der Waals surface area (Å²) in [6.07, 6.45) is -0.174. The van der Waals surface area contributed by atoms with E-state index in [1.165, 1.54) is 22.9 Å². The van der Waals surface area contributed by atoms with Crippen molar-refractivity contribution in [2.75, 3.05) is 18.4 Å². The van der Waals surface area contributed by atoms with Gasteiger partial charge in [0.25, 0.3) is 5.91 Å². The Labute approximate surface area is 193 Å². The average Bonchev–Trinajstić information content (AvgIpc) is 2.82. The molecule has 1 aliphatic rings. The van der Waals surface area contributed by atoms with Crippen molar-refractivity contribution in [3.8, 4) is 11.3 Å². The molecule has 0 atom stereocenters. The number of aromatic nitrogens is 2. The molecule has 7 nitrogen and oxygen atoms in total. The third-order valence-corrected chi connectivity index (χ3v) is 5.18. The van der Waals surface area contributed by atoms with Gasteiger partial charge in [0.15, 0.2) is 0 Å². The third-order valence-electron chi connectivity index (χ3n) is 5.18. The fourth-order valence-electron chi connectivity index (χ4n) is 3.50. The van der Waals surface area contributed by atoms with Crippen molar-refractivity contribution >= 4 is 23.5 Å². The molecule has 0 fully saturated rings. The van der Waals surface area contributed by atoms with Crippen molar-refractivity contribution in [2.24, 2.45) is 0 Å². The molecule has 0 bridgehead atoms. The minimum atomic E-state index is -4.48. The second-order valence-electron chi connectivity index (χ2n) is 7.72. The number of fused-ring (bicyclic) bond motifs is 1. The summed E-state index contributed by atoms with van der Waals surface area (Å²) in [6, 6.07) is 14.9. The maximum atomic E-state index is 12.3. The zero-order valence-corrected chi connectivity index (χ0v) is 17.9. The maximum Gasteiger partial charge on any atom is 0.405 e. The van der Waals surface area contributed by atoms with E-state index in [4.69, 9.17) is 10.8 Å². The van der Waals surface area contributed by atoms with E-state index < -0.39 is 18.6 Å². The lowest BCUT2D eigenvalue weighted by Gasteiger charge is -2.15. The van der Waals surface area contributed by atoms with E-state index in [1.54, 1.807) is 18.2 Å². The molecule has 174 valence electrons. The molecule has 0 spiro atoms. The van der Waals surface area contributed by atoms with Gasteiger partial charge in [0.05, 0.1) is 5.69 Å². The Morgan fingerprint density at radius 2 is 1.88 bits per heavy atom.